The van der Waals surface area contributed by atoms with Crippen LogP contribution in [0, 0.1) is 0 Å². The summed E-state index contributed by atoms with van der Waals surface area (Å²) in [5, 5.41) is 0. The van der Waals surface area contributed by atoms with Gasteiger partial charge >= 0.3 is 12.0 Å². The first-order chi connectivity index (χ1) is 14.5. The lowest BCUT2D eigenvalue weighted by Crippen LogP contribution is -2.45. The Morgan fingerprint density at radius 3 is 2.43 bits per heavy atom. The summed E-state index contributed by atoms with van der Waals surface area (Å²) in [5.41, 5.74) is 7.80. The van der Waals surface area contributed by atoms with Gasteiger partial charge in [0.1, 0.15) is 17.3 Å². The van der Waals surface area contributed by atoms with Gasteiger partial charge in [-0.15, -0.1) is 0 Å². The Morgan fingerprint density at radius 1 is 1.07 bits per heavy atom. The van der Waals surface area contributed by atoms with E-state index in [4.69, 9.17) is 19.9 Å². The molecule has 0 bridgehead atoms. The maximum absolute atomic E-state index is 13.1. The third-order valence-corrected chi connectivity index (χ3v) is 4.75. The van der Waals surface area contributed by atoms with Crippen LogP contribution in [-0.2, 0) is 6.54 Å². The number of aromatic nitrogens is 2. The third-order valence-electron chi connectivity index (χ3n) is 4.75. The number of fused-ring (bicyclic) bond motifs is 1. The van der Waals surface area contributed by atoms with Gasteiger partial charge in [-0.25, -0.2) is 9.78 Å². The second-order valence-corrected chi connectivity index (χ2v) is 6.64. The Bertz CT molecular complexity index is 1080. The number of methoxy groups -OCH3 is 2. The summed E-state index contributed by atoms with van der Waals surface area (Å²) in [6.07, 6.45) is 1.64. The number of urea groups is 1. The standard InChI is InChI=1S/C21H21N5O4/c1-25-19-13(11-23-20(24-19)30-18-7-5-4-6-17(18)22)12-26(21(25)27)14-8-15(28-2)10-16(9-14)29-3/h4-11H,12,22H2,1-3H3. The molecule has 30 heavy (non-hydrogen) atoms. The Kier molecular flexibility index (Phi) is 5.01. The number of para-hydroxylation sites is 2. The van der Waals surface area contributed by atoms with E-state index in [1.54, 1.807) is 68.8 Å². The second kappa shape index (κ2) is 7.78. The summed E-state index contributed by atoms with van der Waals surface area (Å²) in [4.78, 5) is 24.8. The number of nitrogens with two attached hydrogens (primary N) is 1. The predicted molar refractivity (Wildman–Crippen MR) is 112 cm³/mol. The minimum absolute atomic E-state index is 0.114. The van der Waals surface area contributed by atoms with E-state index in [9.17, 15) is 4.79 Å². The third kappa shape index (κ3) is 3.52. The molecule has 0 saturated carbocycles. The monoisotopic (exact) mass is 407 g/mol. The van der Waals surface area contributed by atoms with Crippen molar-refractivity contribution >= 4 is 23.2 Å². The number of nitrogens with zero attached hydrogens (tertiary/aromatic N) is 4. The molecule has 0 aliphatic carbocycles. The highest BCUT2D eigenvalue weighted by Gasteiger charge is 2.31. The van der Waals surface area contributed by atoms with Crippen LogP contribution in [0.15, 0.2) is 48.7 Å². The van der Waals surface area contributed by atoms with Crippen LogP contribution in [0.2, 0.25) is 0 Å². The molecule has 0 spiro atoms. The van der Waals surface area contributed by atoms with Gasteiger partial charge in [0.05, 0.1) is 32.1 Å². The zero-order chi connectivity index (χ0) is 21.3. The van der Waals surface area contributed by atoms with Crippen molar-refractivity contribution in [2.75, 3.05) is 36.8 Å². The molecule has 0 fully saturated rings. The summed E-state index contributed by atoms with van der Waals surface area (Å²) in [5.74, 6) is 2.11. The molecule has 3 aromatic rings. The normalized spacial score (nSPS) is 13.1. The zero-order valence-corrected chi connectivity index (χ0v) is 16.8. The van der Waals surface area contributed by atoms with Gasteiger partial charge < -0.3 is 19.9 Å². The van der Waals surface area contributed by atoms with Gasteiger partial charge in [-0.2, -0.15) is 4.98 Å². The molecule has 154 valence electrons. The van der Waals surface area contributed by atoms with Gasteiger partial charge in [-0.3, -0.25) is 9.80 Å². The first-order valence-corrected chi connectivity index (χ1v) is 9.16. The van der Waals surface area contributed by atoms with Gasteiger partial charge in [-0.1, -0.05) is 12.1 Å². The van der Waals surface area contributed by atoms with Crippen LogP contribution in [0.3, 0.4) is 0 Å². The van der Waals surface area contributed by atoms with E-state index in [2.05, 4.69) is 9.97 Å². The van der Waals surface area contributed by atoms with Crippen LogP contribution < -0.4 is 29.7 Å². The predicted octanol–water partition coefficient (Wildman–Crippen LogP) is 3.44. The lowest BCUT2D eigenvalue weighted by molar-refractivity contribution is 0.251. The first kappa shape index (κ1) is 19.3. The molecule has 2 aromatic carbocycles. The quantitative estimate of drug-likeness (QED) is 0.646. The molecule has 0 radical (unpaired) electrons. The van der Waals surface area contributed by atoms with E-state index in [1.807, 2.05) is 6.07 Å². The SMILES string of the molecule is COc1cc(OC)cc(N2Cc3cnc(Oc4ccccc4N)nc3N(C)C2=O)c1. The van der Waals surface area contributed by atoms with E-state index in [0.717, 1.165) is 5.56 Å². The Hall–Kier alpha value is -4.01. The number of carbonyl (C=O) groups excluding carboxylic acids is 1. The summed E-state index contributed by atoms with van der Waals surface area (Å²) < 4.78 is 16.3. The average molecular weight is 407 g/mol. The van der Waals surface area contributed by atoms with Crippen molar-refractivity contribution < 1.29 is 19.0 Å². The number of anilines is 3. The molecule has 2 heterocycles. The first-order valence-electron chi connectivity index (χ1n) is 9.16. The Balaban J connectivity index is 1.66. The van der Waals surface area contributed by atoms with E-state index in [-0.39, 0.29) is 12.0 Å². The number of benzene rings is 2. The Morgan fingerprint density at radius 2 is 1.77 bits per heavy atom. The summed E-state index contributed by atoms with van der Waals surface area (Å²) in [6.45, 7) is 0.294. The molecule has 1 aromatic heterocycles. The van der Waals surface area contributed by atoms with Crippen molar-refractivity contribution in [2.24, 2.45) is 0 Å². The minimum atomic E-state index is -0.248. The van der Waals surface area contributed by atoms with Crippen molar-refractivity contribution in [3.8, 4) is 23.3 Å². The highest BCUT2D eigenvalue weighted by Crippen LogP contribution is 2.35. The van der Waals surface area contributed by atoms with Crippen LogP contribution in [0.5, 0.6) is 23.3 Å². The molecular formula is C21H21N5O4. The topological polar surface area (TPSA) is 103 Å². The van der Waals surface area contributed by atoms with Crippen LogP contribution in [0.4, 0.5) is 22.0 Å². The number of hydrogen-bond donors (Lipinski definition) is 1. The summed E-state index contributed by atoms with van der Waals surface area (Å²) in [7, 11) is 4.78. The van der Waals surface area contributed by atoms with E-state index in [1.165, 1.54) is 4.90 Å². The fraction of sp³-hybridized carbons (Fsp3) is 0.190. The molecule has 2 N–H and O–H groups in total. The van der Waals surface area contributed by atoms with Crippen LogP contribution in [0.1, 0.15) is 5.56 Å². The van der Waals surface area contributed by atoms with Gasteiger partial charge in [0.25, 0.3) is 0 Å². The summed E-state index contributed by atoms with van der Waals surface area (Å²) >= 11 is 0. The smallest absolute Gasteiger partial charge is 0.330 e. The van der Waals surface area contributed by atoms with Gasteiger partial charge in [0.2, 0.25) is 0 Å². The van der Waals surface area contributed by atoms with Crippen molar-refractivity contribution in [1.82, 2.24) is 9.97 Å². The fourth-order valence-electron chi connectivity index (χ4n) is 3.16. The molecule has 4 rings (SSSR count). The lowest BCUT2D eigenvalue weighted by atomic mass is 10.2. The highest BCUT2D eigenvalue weighted by atomic mass is 16.5. The molecule has 0 saturated heterocycles. The number of hydrogen-bond acceptors (Lipinski definition) is 7. The highest BCUT2D eigenvalue weighted by molar-refractivity contribution is 6.05. The van der Waals surface area contributed by atoms with Gasteiger partial charge in [0.15, 0.2) is 5.75 Å². The van der Waals surface area contributed by atoms with Gasteiger partial charge in [-0.05, 0) is 12.1 Å². The molecule has 2 amide bonds. The fourth-order valence-corrected chi connectivity index (χ4v) is 3.16. The summed E-state index contributed by atoms with van der Waals surface area (Å²) in [6, 6.07) is 12.2. The van der Waals surface area contributed by atoms with E-state index >= 15 is 0 Å². The zero-order valence-electron chi connectivity index (χ0n) is 16.8. The van der Waals surface area contributed by atoms with Crippen molar-refractivity contribution in [1.29, 1.82) is 0 Å². The molecular weight excluding hydrogens is 386 g/mol. The molecule has 9 heteroatoms. The number of amides is 2. The minimum Gasteiger partial charge on any atom is -0.497 e. The molecule has 0 unspecified atom stereocenters. The molecule has 1 aliphatic rings. The van der Waals surface area contributed by atoms with Gasteiger partial charge in [0, 0.05) is 37.0 Å². The van der Waals surface area contributed by atoms with Crippen LogP contribution in [0.25, 0.3) is 0 Å². The van der Waals surface area contributed by atoms with E-state index in [0.29, 0.717) is 41.0 Å². The van der Waals surface area contributed by atoms with E-state index < -0.39 is 0 Å². The largest absolute Gasteiger partial charge is 0.497 e. The van der Waals surface area contributed by atoms with Crippen LogP contribution >= 0.6 is 0 Å². The van der Waals surface area contributed by atoms with Crippen LogP contribution in [-0.4, -0.2) is 37.3 Å². The maximum atomic E-state index is 13.1. The van der Waals surface area contributed by atoms with Crippen molar-refractivity contribution in [3.63, 3.8) is 0 Å². The average Bonchev–Trinajstić information content (AvgIpc) is 2.77. The lowest BCUT2D eigenvalue weighted by Gasteiger charge is -2.34. The van der Waals surface area contributed by atoms with Crippen molar-refractivity contribution in [3.05, 3.63) is 54.2 Å². The second-order valence-electron chi connectivity index (χ2n) is 6.64. The number of ether oxygens (including phenoxy) is 3. The molecule has 0 atom stereocenters. The number of nitrogen functional groups attached to an aromatic ring is 1. The maximum Gasteiger partial charge on any atom is 0.330 e. The Labute approximate surface area is 173 Å². The molecule has 9 nitrogen and oxygen atoms in total. The number of rotatable bonds is 5. The number of carbonyl (C=O) groups is 1. The molecule has 1 aliphatic heterocycles. The van der Waals surface area contributed by atoms with Crippen molar-refractivity contribution in [2.45, 2.75) is 6.54 Å².